The van der Waals surface area contributed by atoms with Crippen molar-refractivity contribution in [2.45, 2.75) is 25.9 Å². The molecule has 2 aromatic heterocycles. The Labute approximate surface area is 171 Å². The van der Waals surface area contributed by atoms with E-state index in [1.165, 1.54) is 5.56 Å². The zero-order valence-electron chi connectivity index (χ0n) is 16.4. The highest BCUT2D eigenvalue weighted by atomic mass is 16.5. The van der Waals surface area contributed by atoms with Crippen molar-refractivity contribution in [2.75, 3.05) is 13.1 Å². The van der Waals surface area contributed by atoms with Gasteiger partial charge in [-0.3, -0.25) is 14.8 Å². The van der Waals surface area contributed by atoms with E-state index in [1.807, 2.05) is 29.2 Å². The molecule has 3 aromatic rings. The molecule has 0 unspecified atom stereocenters. The maximum absolute atomic E-state index is 12.5. The minimum absolute atomic E-state index is 0.0435. The van der Waals surface area contributed by atoms with E-state index >= 15 is 0 Å². The molecule has 29 heavy (non-hydrogen) atoms. The lowest BCUT2D eigenvalue weighted by Gasteiger charge is -2.32. The van der Waals surface area contributed by atoms with E-state index in [4.69, 9.17) is 4.74 Å². The topological polar surface area (TPSA) is 55.3 Å². The minimum Gasteiger partial charge on any atom is -0.487 e. The Kier molecular flexibility index (Phi) is 6.15. The summed E-state index contributed by atoms with van der Waals surface area (Å²) in [5, 5.41) is 0. The highest BCUT2D eigenvalue weighted by molar-refractivity contribution is 5.92. The van der Waals surface area contributed by atoms with Crippen molar-refractivity contribution in [1.82, 2.24) is 14.9 Å². The van der Waals surface area contributed by atoms with Gasteiger partial charge in [0.15, 0.2) is 0 Å². The quantitative estimate of drug-likeness (QED) is 0.638. The van der Waals surface area contributed by atoms with Crippen molar-refractivity contribution >= 4 is 5.91 Å². The second-order valence-electron chi connectivity index (χ2n) is 7.45. The van der Waals surface area contributed by atoms with E-state index in [-0.39, 0.29) is 5.91 Å². The first kappa shape index (κ1) is 19.1. The van der Waals surface area contributed by atoms with Crippen LogP contribution in [0.3, 0.4) is 0 Å². The summed E-state index contributed by atoms with van der Waals surface area (Å²) < 4.78 is 5.75. The van der Waals surface area contributed by atoms with E-state index in [9.17, 15) is 4.79 Å². The van der Waals surface area contributed by atoms with Gasteiger partial charge in [0, 0.05) is 25.5 Å². The SMILES string of the molecule is O=C(c1ccccn1)N1CCC(Cc2ccc(COc3cccnc3)cc2)CC1. The van der Waals surface area contributed by atoms with Crippen LogP contribution in [0.4, 0.5) is 0 Å². The molecule has 0 N–H and O–H groups in total. The second kappa shape index (κ2) is 9.32. The van der Waals surface area contributed by atoms with Gasteiger partial charge in [0.05, 0.1) is 6.20 Å². The Morgan fingerprint density at radius 1 is 0.966 bits per heavy atom. The lowest BCUT2D eigenvalue weighted by molar-refractivity contribution is 0.0684. The molecular formula is C24H25N3O2. The second-order valence-corrected chi connectivity index (χ2v) is 7.45. The van der Waals surface area contributed by atoms with Crippen molar-refractivity contribution in [3.63, 3.8) is 0 Å². The van der Waals surface area contributed by atoms with E-state index in [0.29, 0.717) is 18.2 Å². The van der Waals surface area contributed by atoms with Gasteiger partial charge in [-0.15, -0.1) is 0 Å². The number of aromatic nitrogens is 2. The van der Waals surface area contributed by atoms with Crippen LogP contribution in [0.1, 0.15) is 34.5 Å². The number of benzene rings is 1. The van der Waals surface area contributed by atoms with E-state index in [1.54, 1.807) is 24.7 Å². The molecule has 0 saturated carbocycles. The third-order valence-electron chi connectivity index (χ3n) is 5.37. The molecule has 1 aliphatic rings. The van der Waals surface area contributed by atoms with E-state index < -0.39 is 0 Å². The first-order valence-electron chi connectivity index (χ1n) is 10.1. The molecule has 5 heteroatoms. The number of likely N-dealkylation sites (tertiary alicyclic amines) is 1. The Bertz CT molecular complexity index is 906. The van der Waals surface area contributed by atoms with Crippen LogP contribution in [0.2, 0.25) is 0 Å². The third-order valence-corrected chi connectivity index (χ3v) is 5.37. The Morgan fingerprint density at radius 3 is 2.45 bits per heavy atom. The highest BCUT2D eigenvalue weighted by Crippen LogP contribution is 2.23. The largest absolute Gasteiger partial charge is 0.487 e. The van der Waals surface area contributed by atoms with Crippen LogP contribution in [0.5, 0.6) is 5.75 Å². The number of amides is 1. The van der Waals surface area contributed by atoms with Crippen LogP contribution in [-0.4, -0.2) is 33.9 Å². The van der Waals surface area contributed by atoms with Crippen molar-refractivity contribution in [3.8, 4) is 5.75 Å². The molecule has 0 spiro atoms. The molecule has 1 fully saturated rings. The molecule has 1 aliphatic heterocycles. The van der Waals surface area contributed by atoms with Crippen LogP contribution >= 0.6 is 0 Å². The summed E-state index contributed by atoms with van der Waals surface area (Å²) in [4.78, 5) is 22.7. The van der Waals surface area contributed by atoms with Gasteiger partial charge in [-0.2, -0.15) is 0 Å². The van der Waals surface area contributed by atoms with Gasteiger partial charge in [-0.25, -0.2) is 0 Å². The van der Waals surface area contributed by atoms with Crippen LogP contribution in [0, 0.1) is 5.92 Å². The summed E-state index contributed by atoms with van der Waals surface area (Å²) in [6.45, 7) is 2.15. The van der Waals surface area contributed by atoms with Crippen LogP contribution < -0.4 is 4.74 Å². The number of hydrogen-bond acceptors (Lipinski definition) is 4. The van der Waals surface area contributed by atoms with Crippen molar-refractivity contribution in [2.24, 2.45) is 5.92 Å². The van der Waals surface area contributed by atoms with Crippen LogP contribution in [0.25, 0.3) is 0 Å². The van der Waals surface area contributed by atoms with Gasteiger partial charge in [-0.05, 0) is 60.6 Å². The summed E-state index contributed by atoms with van der Waals surface area (Å²) >= 11 is 0. The van der Waals surface area contributed by atoms with Crippen LogP contribution in [0.15, 0.2) is 73.2 Å². The van der Waals surface area contributed by atoms with Gasteiger partial charge in [0.25, 0.3) is 5.91 Å². The zero-order valence-corrected chi connectivity index (χ0v) is 16.4. The first-order chi connectivity index (χ1) is 14.3. The average molecular weight is 387 g/mol. The number of piperidine rings is 1. The fourth-order valence-electron chi connectivity index (χ4n) is 3.70. The molecule has 0 aliphatic carbocycles. The molecule has 4 rings (SSSR count). The normalized spacial score (nSPS) is 14.6. The van der Waals surface area contributed by atoms with E-state index in [0.717, 1.165) is 43.7 Å². The van der Waals surface area contributed by atoms with Crippen molar-refractivity contribution in [1.29, 1.82) is 0 Å². The first-order valence-corrected chi connectivity index (χ1v) is 10.1. The number of carbonyl (C=O) groups is 1. The lowest BCUT2D eigenvalue weighted by Crippen LogP contribution is -2.39. The highest BCUT2D eigenvalue weighted by Gasteiger charge is 2.24. The molecule has 0 bridgehead atoms. The maximum Gasteiger partial charge on any atom is 0.272 e. The molecule has 3 heterocycles. The predicted octanol–water partition coefficient (Wildman–Crippen LogP) is 4.15. The summed E-state index contributed by atoms with van der Waals surface area (Å²) in [7, 11) is 0. The standard InChI is InChI=1S/C24H25N3O2/c28-24(23-5-1-2-13-26-23)27-14-10-20(11-15-27)16-19-6-8-21(9-7-19)18-29-22-4-3-12-25-17-22/h1-9,12-13,17,20H,10-11,14-16,18H2. The summed E-state index contributed by atoms with van der Waals surface area (Å²) in [5.74, 6) is 1.44. The average Bonchev–Trinajstić information content (AvgIpc) is 2.80. The Balaban J connectivity index is 1.24. The number of rotatable bonds is 6. The molecule has 1 amide bonds. The van der Waals surface area contributed by atoms with Gasteiger partial charge < -0.3 is 9.64 Å². The summed E-state index contributed by atoms with van der Waals surface area (Å²) in [5.41, 5.74) is 3.02. The number of hydrogen-bond donors (Lipinski definition) is 0. The minimum atomic E-state index is 0.0435. The van der Waals surface area contributed by atoms with Crippen LogP contribution in [-0.2, 0) is 13.0 Å². The Hall–Kier alpha value is -3.21. The lowest BCUT2D eigenvalue weighted by atomic mass is 9.90. The van der Waals surface area contributed by atoms with E-state index in [2.05, 4.69) is 34.2 Å². The molecule has 0 atom stereocenters. The molecular weight excluding hydrogens is 362 g/mol. The molecule has 1 saturated heterocycles. The molecule has 0 radical (unpaired) electrons. The summed E-state index contributed by atoms with van der Waals surface area (Å²) in [6.07, 6.45) is 8.25. The zero-order chi connectivity index (χ0) is 19.9. The molecule has 5 nitrogen and oxygen atoms in total. The predicted molar refractivity (Wildman–Crippen MR) is 112 cm³/mol. The number of pyridine rings is 2. The maximum atomic E-state index is 12.5. The van der Waals surface area contributed by atoms with Gasteiger partial charge >= 0.3 is 0 Å². The van der Waals surface area contributed by atoms with Gasteiger partial charge in [0.1, 0.15) is 18.1 Å². The fraction of sp³-hybridized carbons (Fsp3) is 0.292. The third kappa shape index (κ3) is 5.19. The van der Waals surface area contributed by atoms with Gasteiger partial charge in [0.2, 0.25) is 0 Å². The number of carbonyl (C=O) groups excluding carboxylic acids is 1. The van der Waals surface area contributed by atoms with Crippen molar-refractivity contribution in [3.05, 3.63) is 90.0 Å². The molecule has 148 valence electrons. The fourth-order valence-corrected chi connectivity index (χ4v) is 3.70. The van der Waals surface area contributed by atoms with Gasteiger partial charge in [-0.1, -0.05) is 30.3 Å². The molecule has 1 aromatic carbocycles. The smallest absolute Gasteiger partial charge is 0.272 e. The number of nitrogens with zero attached hydrogens (tertiary/aromatic N) is 3. The Morgan fingerprint density at radius 2 is 1.76 bits per heavy atom. The monoisotopic (exact) mass is 387 g/mol. The number of ether oxygens (including phenoxy) is 1. The van der Waals surface area contributed by atoms with Crippen molar-refractivity contribution < 1.29 is 9.53 Å². The summed E-state index contributed by atoms with van der Waals surface area (Å²) in [6, 6.07) is 17.9.